The first-order valence-corrected chi connectivity index (χ1v) is 6.22. The molecule has 0 aliphatic heterocycles. The summed E-state index contributed by atoms with van der Waals surface area (Å²) in [6.07, 6.45) is 0.383. The van der Waals surface area contributed by atoms with Gasteiger partial charge >= 0.3 is 0 Å². The molecule has 0 amide bonds. The van der Waals surface area contributed by atoms with Crippen LogP contribution in [0.25, 0.3) is 0 Å². The fourth-order valence-corrected chi connectivity index (χ4v) is 2.05. The second kappa shape index (κ2) is 7.50. The van der Waals surface area contributed by atoms with Gasteiger partial charge in [-0.2, -0.15) is 0 Å². The molecule has 0 atom stereocenters. The molecule has 0 fully saturated rings. The molecule has 0 unspecified atom stereocenters. The van der Waals surface area contributed by atoms with Crippen molar-refractivity contribution in [1.29, 1.82) is 0 Å². The highest BCUT2D eigenvalue weighted by Crippen LogP contribution is 2.36. The number of methoxy groups -OCH3 is 1. The van der Waals surface area contributed by atoms with Crippen LogP contribution in [0.1, 0.15) is 12.0 Å². The number of rotatable bonds is 7. The second-order valence-electron chi connectivity index (χ2n) is 3.53. The summed E-state index contributed by atoms with van der Waals surface area (Å²) in [6.45, 7) is 0.717. The highest BCUT2D eigenvalue weighted by Gasteiger charge is 2.11. The van der Waals surface area contributed by atoms with Gasteiger partial charge in [-0.3, -0.25) is 4.39 Å². The zero-order valence-electron chi connectivity index (χ0n) is 10.1. The van der Waals surface area contributed by atoms with Crippen LogP contribution in [0.5, 0.6) is 11.5 Å². The first-order valence-electron chi connectivity index (χ1n) is 5.42. The van der Waals surface area contributed by atoms with Crippen LogP contribution in [0.4, 0.5) is 4.39 Å². The molecule has 0 bridgehead atoms. The lowest BCUT2D eigenvalue weighted by Gasteiger charge is -2.14. The Morgan fingerprint density at radius 2 is 2.18 bits per heavy atom. The number of ether oxygens (including phenoxy) is 2. The van der Waals surface area contributed by atoms with Gasteiger partial charge in [0.2, 0.25) is 0 Å². The fourth-order valence-electron chi connectivity index (χ4n) is 1.45. The molecule has 0 aliphatic carbocycles. The van der Waals surface area contributed by atoms with E-state index < -0.39 is 0 Å². The Morgan fingerprint density at radius 3 is 2.76 bits per heavy atom. The van der Waals surface area contributed by atoms with E-state index in [0.717, 1.165) is 16.6 Å². The normalized spacial score (nSPS) is 10.4. The van der Waals surface area contributed by atoms with Crippen molar-refractivity contribution in [2.75, 3.05) is 27.4 Å². The van der Waals surface area contributed by atoms with Gasteiger partial charge in [-0.1, -0.05) is 0 Å². The summed E-state index contributed by atoms with van der Waals surface area (Å²) in [5, 5.41) is 3.07. The molecule has 1 aromatic carbocycles. The molecule has 0 aromatic heterocycles. The van der Waals surface area contributed by atoms with Crippen LogP contribution in [0.2, 0.25) is 0 Å². The van der Waals surface area contributed by atoms with E-state index in [2.05, 4.69) is 21.2 Å². The lowest BCUT2D eigenvalue weighted by molar-refractivity contribution is 0.272. The number of nitrogens with one attached hydrogen (secondary N) is 1. The monoisotopic (exact) mass is 305 g/mol. The van der Waals surface area contributed by atoms with E-state index in [0.29, 0.717) is 24.5 Å². The van der Waals surface area contributed by atoms with Crippen molar-refractivity contribution in [2.45, 2.75) is 13.0 Å². The van der Waals surface area contributed by atoms with Crippen LogP contribution >= 0.6 is 15.9 Å². The Labute approximate surface area is 109 Å². The first-order chi connectivity index (χ1) is 8.22. The molecule has 96 valence electrons. The predicted octanol–water partition coefficient (Wildman–Crippen LogP) is 2.92. The lowest BCUT2D eigenvalue weighted by Crippen LogP contribution is -2.06. The third kappa shape index (κ3) is 4.16. The zero-order valence-corrected chi connectivity index (χ0v) is 11.6. The van der Waals surface area contributed by atoms with E-state index >= 15 is 0 Å². The molecule has 17 heavy (non-hydrogen) atoms. The van der Waals surface area contributed by atoms with Gasteiger partial charge < -0.3 is 14.8 Å². The quantitative estimate of drug-likeness (QED) is 0.786. The van der Waals surface area contributed by atoms with Crippen molar-refractivity contribution >= 4 is 15.9 Å². The SMILES string of the molecule is CNCc1cc(Br)c(OCCCF)c(OC)c1. The number of hydrogen-bond acceptors (Lipinski definition) is 3. The minimum Gasteiger partial charge on any atom is -0.493 e. The summed E-state index contributed by atoms with van der Waals surface area (Å²) in [5.74, 6) is 1.28. The maximum absolute atomic E-state index is 12.0. The van der Waals surface area contributed by atoms with Gasteiger partial charge in [-0.15, -0.1) is 0 Å². The van der Waals surface area contributed by atoms with Crippen molar-refractivity contribution in [3.8, 4) is 11.5 Å². The Hall–Kier alpha value is -0.810. The van der Waals surface area contributed by atoms with Crippen molar-refractivity contribution in [1.82, 2.24) is 5.32 Å². The molecule has 0 saturated heterocycles. The summed E-state index contributed by atoms with van der Waals surface area (Å²) in [5.41, 5.74) is 1.09. The predicted molar refractivity (Wildman–Crippen MR) is 69.5 cm³/mol. The second-order valence-corrected chi connectivity index (χ2v) is 4.38. The summed E-state index contributed by atoms with van der Waals surface area (Å²) < 4.78 is 23.6. The van der Waals surface area contributed by atoms with Gasteiger partial charge in [0, 0.05) is 13.0 Å². The number of alkyl halides is 1. The van der Waals surface area contributed by atoms with Crippen LogP contribution in [0.3, 0.4) is 0 Å². The highest BCUT2D eigenvalue weighted by atomic mass is 79.9. The fraction of sp³-hybridized carbons (Fsp3) is 0.500. The molecule has 0 aliphatic rings. The molecule has 1 rings (SSSR count). The molecular formula is C12H17BrFNO2. The zero-order chi connectivity index (χ0) is 12.7. The van der Waals surface area contributed by atoms with Gasteiger partial charge in [0.15, 0.2) is 11.5 Å². The third-order valence-electron chi connectivity index (χ3n) is 2.19. The van der Waals surface area contributed by atoms with E-state index in [1.165, 1.54) is 0 Å². The van der Waals surface area contributed by atoms with Crippen LogP contribution < -0.4 is 14.8 Å². The summed E-state index contributed by atoms with van der Waals surface area (Å²) >= 11 is 3.43. The van der Waals surface area contributed by atoms with Gasteiger partial charge in [0.05, 0.1) is 24.9 Å². The highest BCUT2D eigenvalue weighted by molar-refractivity contribution is 9.10. The smallest absolute Gasteiger partial charge is 0.175 e. The molecule has 0 radical (unpaired) electrons. The maximum Gasteiger partial charge on any atom is 0.175 e. The van der Waals surface area contributed by atoms with Gasteiger partial charge in [-0.05, 0) is 40.7 Å². The van der Waals surface area contributed by atoms with E-state index in [1.807, 2.05) is 19.2 Å². The molecule has 5 heteroatoms. The lowest BCUT2D eigenvalue weighted by atomic mass is 10.2. The van der Waals surface area contributed by atoms with E-state index in [4.69, 9.17) is 9.47 Å². The van der Waals surface area contributed by atoms with Gasteiger partial charge in [0.25, 0.3) is 0 Å². The number of benzene rings is 1. The average molecular weight is 306 g/mol. The van der Waals surface area contributed by atoms with Gasteiger partial charge in [-0.25, -0.2) is 0 Å². The van der Waals surface area contributed by atoms with Crippen molar-refractivity contribution in [2.24, 2.45) is 0 Å². The number of halogens is 2. The Bertz CT molecular complexity index is 361. The Balaban J connectivity index is 2.87. The molecule has 0 spiro atoms. The van der Waals surface area contributed by atoms with E-state index in [-0.39, 0.29) is 6.67 Å². The molecular weight excluding hydrogens is 289 g/mol. The van der Waals surface area contributed by atoms with Crippen LogP contribution in [0, 0.1) is 0 Å². The Morgan fingerprint density at radius 1 is 1.41 bits per heavy atom. The summed E-state index contributed by atoms with van der Waals surface area (Å²) in [7, 11) is 3.47. The standard InChI is InChI=1S/C12H17BrFNO2/c1-15-8-9-6-10(13)12(11(7-9)16-2)17-5-3-4-14/h6-7,15H,3-5,8H2,1-2H3. The average Bonchev–Trinajstić information content (AvgIpc) is 2.32. The third-order valence-corrected chi connectivity index (χ3v) is 2.78. The molecule has 1 N–H and O–H groups in total. The minimum absolute atomic E-state index is 0.344. The van der Waals surface area contributed by atoms with E-state index in [1.54, 1.807) is 7.11 Å². The van der Waals surface area contributed by atoms with Crippen molar-refractivity contribution < 1.29 is 13.9 Å². The van der Waals surface area contributed by atoms with E-state index in [9.17, 15) is 4.39 Å². The van der Waals surface area contributed by atoms with Crippen LogP contribution in [0.15, 0.2) is 16.6 Å². The van der Waals surface area contributed by atoms with Crippen LogP contribution in [-0.4, -0.2) is 27.4 Å². The minimum atomic E-state index is -0.377. The summed E-state index contributed by atoms with van der Waals surface area (Å²) in [4.78, 5) is 0. The number of hydrogen-bond donors (Lipinski definition) is 1. The topological polar surface area (TPSA) is 30.5 Å². The molecule has 3 nitrogen and oxygen atoms in total. The Kier molecular flexibility index (Phi) is 6.29. The molecule has 1 aromatic rings. The molecule has 0 saturated carbocycles. The molecule has 0 heterocycles. The first kappa shape index (κ1) is 14.3. The van der Waals surface area contributed by atoms with Crippen molar-refractivity contribution in [3.05, 3.63) is 22.2 Å². The maximum atomic E-state index is 12.0. The summed E-state index contributed by atoms with van der Waals surface area (Å²) in [6, 6.07) is 3.87. The van der Waals surface area contributed by atoms with Gasteiger partial charge in [0.1, 0.15) is 0 Å². The van der Waals surface area contributed by atoms with Crippen molar-refractivity contribution in [3.63, 3.8) is 0 Å². The largest absolute Gasteiger partial charge is 0.493 e. The van der Waals surface area contributed by atoms with Crippen LogP contribution in [-0.2, 0) is 6.54 Å².